The second kappa shape index (κ2) is 10.6. The van der Waals surface area contributed by atoms with Crippen molar-refractivity contribution in [3.8, 4) is 44.5 Å². The van der Waals surface area contributed by atoms with Crippen molar-refractivity contribution in [2.75, 3.05) is 16.8 Å². The molecule has 0 spiro atoms. The van der Waals surface area contributed by atoms with Gasteiger partial charge < -0.3 is 14.6 Å². The van der Waals surface area contributed by atoms with Gasteiger partial charge in [0.15, 0.2) is 0 Å². The fourth-order valence-corrected chi connectivity index (χ4v) is 7.52. The lowest BCUT2D eigenvalue weighted by atomic mass is 9.97. The number of rotatable bonds is 5. The highest BCUT2D eigenvalue weighted by Crippen LogP contribution is 2.48. The van der Waals surface area contributed by atoms with Gasteiger partial charge in [-0.3, -0.25) is 0 Å². The maximum Gasteiger partial charge on any atom is 0.201 e. The number of hydrogen-bond acceptors (Lipinski definition) is 3. The average molecular weight is 615 g/mol. The van der Waals surface area contributed by atoms with Gasteiger partial charge in [0, 0.05) is 40.6 Å². The number of benzene rings is 7. The van der Waals surface area contributed by atoms with Crippen molar-refractivity contribution in [1.82, 2.24) is 0 Å². The summed E-state index contributed by atoms with van der Waals surface area (Å²) in [5, 5.41) is 7.13. The van der Waals surface area contributed by atoms with Gasteiger partial charge in [-0.05, 0) is 97.7 Å². The molecule has 3 heteroatoms. The summed E-state index contributed by atoms with van der Waals surface area (Å²) in [4.78, 5) is 2.31. The van der Waals surface area contributed by atoms with Crippen molar-refractivity contribution in [2.24, 2.45) is 0 Å². The van der Waals surface area contributed by atoms with Crippen LogP contribution < -0.4 is 10.2 Å². The van der Waals surface area contributed by atoms with E-state index in [4.69, 9.17) is 4.42 Å². The van der Waals surface area contributed by atoms with E-state index in [0.717, 1.165) is 46.0 Å². The predicted molar refractivity (Wildman–Crippen MR) is 201 cm³/mol. The van der Waals surface area contributed by atoms with Crippen molar-refractivity contribution in [1.29, 1.82) is 0 Å². The van der Waals surface area contributed by atoms with Crippen molar-refractivity contribution < 1.29 is 4.42 Å². The quantitative estimate of drug-likeness (QED) is 0.209. The lowest BCUT2D eigenvalue weighted by molar-refractivity contribution is 0.628. The molecule has 0 unspecified atom stereocenters. The van der Waals surface area contributed by atoms with Gasteiger partial charge >= 0.3 is 0 Å². The second-order valence-corrected chi connectivity index (χ2v) is 12.6. The molecule has 226 valence electrons. The van der Waals surface area contributed by atoms with Crippen molar-refractivity contribution in [3.63, 3.8) is 0 Å². The molecule has 48 heavy (non-hydrogen) atoms. The Bertz CT molecular complexity index is 2540. The van der Waals surface area contributed by atoms with Crippen LogP contribution in [-0.4, -0.2) is 6.54 Å². The van der Waals surface area contributed by atoms with Crippen LogP contribution in [0.2, 0.25) is 0 Å². The van der Waals surface area contributed by atoms with E-state index in [9.17, 15) is 0 Å². The summed E-state index contributed by atoms with van der Waals surface area (Å²) in [5.74, 6) is 0.835. The van der Waals surface area contributed by atoms with Gasteiger partial charge in [0.05, 0.1) is 0 Å². The Morgan fingerprint density at radius 2 is 1.15 bits per heavy atom. The minimum Gasteiger partial charge on any atom is -0.440 e. The van der Waals surface area contributed by atoms with Crippen LogP contribution in [0, 0.1) is 0 Å². The molecule has 0 atom stereocenters. The Labute approximate surface area is 279 Å². The van der Waals surface area contributed by atoms with Gasteiger partial charge in [-0.25, -0.2) is 0 Å². The van der Waals surface area contributed by atoms with Crippen LogP contribution in [0.1, 0.15) is 5.56 Å². The van der Waals surface area contributed by atoms with Crippen LogP contribution in [-0.2, 0) is 0 Å². The maximum absolute atomic E-state index is 6.30. The van der Waals surface area contributed by atoms with Crippen LogP contribution in [0.5, 0.6) is 0 Å². The monoisotopic (exact) mass is 614 g/mol. The van der Waals surface area contributed by atoms with E-state index < -0.39 is 0 Å². The molecule has 0 amide bonds. The summed E-state index contributed by atoms with van der Waals surface area (Å²) >= 11 is 0. The first-order chi connectivity index (χ1) is 23.8. The fraction of sp³-hybridized carbons (Fsp3) is 0.0222. The number of hydrogen-bond donors (Lipinski definition) is 1. The summed E-state index contributed by atoms with van der Waals surface area (Å²) in [6.45, 7) is 0.777. The van der Waals surface area contributed by atoms with E-state index in [2.05, 4.69) is 174 Å². The molecule has 2 aliphatic rings. The molecule has 10 rings (SSSR count). The van der Waals surface area contributed by atoms with E-state index in [0.29, 0.717) is 0 Å². The summed E-state index contributed by atoms with van der Waals surface area (Å²) in [5.41, 5.74) is 15.3. The zero-order chi connectivity index (χ0) is 31.6. The minimum absolute atomic E-state index is 0.777. The Balaban J connectivity index is 1.05. The molecule has 0 saturated heterocycles. The van der Waals surface area contributed by atoms with Crippen LogP contribution in [0.4, 0.5) is 22.9 Å². The maximum atomic E-state index is 6.30. The van der Waals surface area contributed by atoms with Gasteiger partial charge in [-0.15, -0.1) is 0 Å². The second-order valence-electron chi connectivity index (χ2n) is 12.6. The molecule has 0 fully saturated rings. The third-order valence-corrected chi connectivity index (χ3v) is 9.83. The van der Waals surface area contributed by atoms with E-state index in [1.54, 1.807) is 0 Å². The lowest BCUT2D eigenvalue weighted by Crippen LogP contribution is -2.09. The lowest BCUT2D eigenvalue weighted by Gasteiger charge is -2.26. The van der Waals surface area contributed by atoms with Gasteiger partial charge in [0.1, 0.15) is 5.58 Å². The van der Waals surface area contributed by atoms with Crippen molar-refractivity contribution in [3.05, 3.63) is 163 Å². The highest BCUT2D eigenvalue weighted by molar-refractivity contribution is 6.15. The summed E-state index contributed by atoms with van der Waals surface area (Å²) < 4.78 is 6.30. The summed E-state index contributed by atoms with van der Waals surface area (Å²) in [6.07, 6.45) is 4.28. The van der Waals surface area contributed by atoms with Crippen molar-refractivity contribution in [2.45, 2.75) is 0 Å². The van der Waals surface area contributed by atoms with Crippen LogP contribution in [0.25, 0.3) is 72.3 Å². The van der Waals surface area contributed by atoms with E-state index in [1.807, 2.05) is 0 Å². The zero-order valence-corrected chi connectivity index (χ0v) is 26.2. The molecule has 0 bridgehead atoms. The Kier molecular flexibility index (Phi) is 5.94. The molecule has 3 nitrogen and oxygen atoms in total. The topological polar surface area (TPSA) is 28.4 Å². The summed E-state index contributed by atoms with van der Waals surface area (Å²) in [6, 6.07) is 54.9. The molecule has 1 aliphatic carbocycles. The summed E-state index contributed by atoms with van der Waals surface area (Å²) in [7, 11) is 0. The molecule has 1 N–H and O–H groups in total. The van der Waals surface area contributed by atoms with Gasteiger partial charge in [0.2, 0.25) is 5.88 Å². The SMILES string of the molecule is C1=Cc2c(oc3cc(N(c4ccc(-c5ccccc5)cc4)c4ccc(-c5ccc6c(c5)-c5cccc7cccc-6c57)cc4)ccc23)NC1. The first-order valence-electron chi connectivity index (χ1n) is 16.5. The van der Waals surface area contributed by atoms with Crippen LogP contribution in [0.15, 0.2) is 162 Å². The average Bonchev–Trinajstić information content (AvgIpc) is 3.69. The number of anilines is 4. The molecule has 1 aliphatic heterocycles. The molecule has 0 saturated carbocycles. The standard InChI is InChI=1S/C45H30N2O/c1-2-7-29(8-3-1)30-14-19-34(20-15-30)47(36-23-25-38-41-13-6-26-46-45(41)48-43(38)28-36)35-21-16-31(17-22-35)33-18-24-37-39-11-4-9-32-10-5-12-40(44(32)39)42(37)27-33/h1-25,27-28,46H,26H2. The van der Waals surface area contributed by atoms with E-state index in [-0.39, 0.29) is 0 Å². The van der Waals surface area contributed by atoms with Gasteiger partial charge in [0.25, 0.3) is 0 Å². The number of furan rings is 1. The van der Waals surface area contributed by atoms with E-state index >= 15 is 0 Å². The largest absolute Gasteiger partial charge is 0.440 e. The minimum atomic E-state index is 0.777. The predicted octanol–water partition coefficient (Wildman–Crippen LogP) is 12.5. The number of nitrogens with zero attached hydrogens (tertiary/aromatic N) is 1. The Morgan fingerprint density at radius 3 is 1.90 bits per heavy atom. The number of fused-ring (bicyclic) bond motifs is 6. The molecule has 1 aromatic heterocycles. The molecular weight excluding hydrogens is 585 g/mol. The molecule has 0 radical (unpaired) electrons. The highest BCUT2D eigenvalue weighted by Gasteiger charge is 2.22. The third-order valence-electron chi connectivity index (χ3n) is 9.83. The Hall–Kier alpha value is -6.32. The molecule has 2 heterocycles. The number of nitrogens with one attached hydrogen (secondary N) is 1. The van der Waals surface area contributed by atoms with Crippen LogP contribution in [0.3, 0.4) is 0 Å². The first-order valence-corrected chi connectivity index (χ1v) is 16.5. The van der Waals surface area contributed by atoms with Gasteiger partial charge in [-0.2, -0.15) is 0 Å². The fourth-order valence-electron chi connectivity index (χ4n) is 7.52. The normalized spacial score (nSPS) is 12.6. The van der Waals surface area contributed by atoms with Gasteiger partial charge in [-0.1, -0.05) is 115 Å². The molecular formula is C45H30N2O. The molecule has 8 aromatic rings. The highest BCUT2D eigenvalue weighted by atomic mass is 16.3. The Morgan fingerprint density at radius 1 is 0.500 bits per heavy atom. The van der Waals surface area contributed by atoms with Crippen molar-refractivity contribution >= 4 is 50.8 Å². The first kappa shape index (κ1) is 26.9. The van der Waals surface area contributed by atoms with E-state index in [1.165, 1.54) is 55.3 Å². The smallest absolute Gasteiger partial charge is 0.201 e. The van der Waals surface area contributed by atoms with Crippen LogP contribution >= 0.6 is 0 Å². The molecule has 7 aromatic carbocycles. The zero-order valence-electron chi connectivity index (χ0n) is 26.2. The third kappa shape index (κ3) is 4.21.